The number of hydroxylamine groups is 2. The van der Waals surface area contributed by atoms with Crippen LogP contribution in [-0.4, -0.2) is 58.7 Å². The summed E-state index contributed by atoms with van der Waals surface area (Å²) in [5.41, 5.74) is 6.39. The van der Waals surface area contributed by atoms with Gasteiger partial charge < -0.3 is 30.1 Å². The number of hydrogen-bond acceptors (Lipinski definition) is 8. The van der Waals surface area contributed by atoms with E-state index in [0.29, 0.717) is 12.8 Å². The first-order valence-electron chi connectivity index (χ1n) is 8.85. The second kappa shape index (κ2) is 13.1. The first-order valence-corrected chi connectivity index (χ1v) is 8.85. The van der Waals surface area contributed by atoms with E-state index in [1.54, 1.807) is 24.3 Å². The van der Waals surface area contributed by atoms with Gasteiger partial charge in [-0.15, -0.1) is 0 Å². The lowest BCUT2D eigenvalue weighted by Crippen LogP contribution is -2.37. The Labute approximate surface area is 173 Å². The summed E-state index contributed by atoms with van der Waals surface area (Å²) in [6.45, 7) is 0. The minimum Gasteiger partial charge on any atom is -0.508 e. The summed E-state index contributed by atoms with van der Waals surface area (Å²) in [5, 5.41) is 35.8. The molecule has 0 amide bonds. The van der Waals surface area contributed by atoms with Crippen molar-refractivity contribution in [1.29, 1.82) is 0 Å². The number of aromatic hydroxyl groups is 2. The molecule has 0 heterocycles. The van der Waals surface area contributed by atoms with Crippen LogP contribution < -0.4 is 11.0 Å². The minimum absolute atomic E-state index is 0.158. The first kappa shape index (κ1) is 24.9. The van der Waals surface area contributed by atoms with E-state index in [9.17, 15) is 9.59 Å². The van der Waals surface area contributed by atoms with Crippen molar-refractivity contribution in [1.82, 2.24) is 11.0 Å². The highest BCUT2D eigenvalue weighted by atomic mass is 16.6. The summed E-state index contributed by atoms with van der Waals surface area (Å²) in [7, 11) is 2.74. The van der Waals surface area contributed by atoms with Crippen molar-refractivity contribution in [2.45, 2.75) is 24.9 Å². The van der Waals surface area contributed by atoms with Crippen molar-refractivity contribution < 1.29 is 39.7 Å². The molecule has 0 saturated carbocycles. The van der Waals surface area contributed by atoms with Crippen LogP contribution in [0.5, 0.6) is 11.5 Å². The number of carbonyl (C=O) groups is 2. The number of nitrogens with one attached hydrogen (secondary N) is 2. The molecule has 2 aromatic carbocycles. The highest BCUT2D eigenvalue weighted by Gasteiger charge is 2.18. The van der Waals surface area contributed by atoms with Gasteiger partial charge in [-0.1, -0.05) is 24.3 Å². The Morgan fingerprint density at radius 3 is 1.27 bits per heavy atom. The number of benzene rings is 2. The molecule has 0 aromatic heterocycles. The van der Waals surface area contributed by atoms with Crippen molar-refractivity contribution >= 4 is 11.9 Å². The molecule has 10 heteroatoms. The smallest absolute Gasteiger partial charge is 0.323 e. The normalized spacial score (nSPS) is 12.3. The second-order valence-corrected chi connectivity index (χ2v) is 6.17. The molecule has 0 fully saturated rings. The highest BCUT2D eigenvalue weighted by Crippen LogP contribution is 2.12. The zero-order chi connectivity index (χ0) is 22.5. The number of phenolic OH excluding ortho intramolecular Hbond substituents is 2. The standard InChI is InChI=1S/2C10H13NO4/c2*1-15-11-9(10(13)14)6-7-2-4-8(12)5-3-7/h2*2-5,9,11-12H,6H2,1H3,(H,13,14)/t2*9-/m00/s1. The maximum atomic E-state index is 10.8. The average molecular weight is 422 g/mol. The Hall–Kier alpha value is -3.18. The van der Waals surface area contributed by atoms with Crippen LogP contribution in [0.25, 0.3) is 0 Å². The summed E-state index contributed by atoms with van der Waals surface area (Å²) in [4.78, 5) is 30.7. The zero-order valence-corrected chi connectivity index (χ0v) is 16.6. The summed E-state index contributed by atoms with van der Waals surface area (Å²) in [6, 6.07) is 11.2. The molecule has 0 aliphatic heterocycles. The molecule has 0 spiro atoms. The van der Waals surface area contributed by atoms with Crippen LogP contribution in [0.2, 0.25) is 0 Å². The maximum absolute atomic E-state index is 10.8. The van der Waals surface area contributed by atoms with E-state index in [1.165, 1.54) is 38.5 Å². The van der Waals surface area contributed by atoms with Crippen molar-refractivity contribution in [3.63, 3.8) is 0 Å². The number of hydrogen-bond donors (Lipinski definition) is 6. The Balaban J connectivity index is 0.000000300. The summed E-state index contributed by atoms with van der Waals surface area (Å²) < 4.78 is 0. The molecule has 0 radical (unpaired) electrons. The van der Waals surface area contributed by atoms with Gasteiger partial charge in [0.05, 0.1) is 14.2 Å². The maximum Gasteiger partial charge on any atom is 0.323 e. The fourth-order valence-electron chi connectivity index (χ4n) is 2.38. The molecule has 2 atom stereocenters. The number of rotatable bonds is 10. The molecule has 0 saturated heterocycles. The van der Waals surface area contributed by atoms with E-state index in [-0.39, 0.29) is 11.5 Å². The Morgan fingerprint density at radius 2 is 1.03 bits per heavy atom. The van der Waals surface area contributed by atoms with Crippen LogP contribution in [0.15, 0.2) is 48.5 Å². The van der Waals surface area contributed by atoms with Gasteiger partial charge in [0.15, 0.2) is 0 Å². The molecule has 164 valence electrons. The van der Waals surface area contributed by atoms with Gasteiger partial charge in [-0.25, -0.2) is 0 Å². The largest absolute Gasteiger partial charge is 0.508 e. The number of aliphatic carboxylic acids is 2. The van der Waals surface area contributed by atoms with E-state index in [2.05, 4.69) is 20.6 Å². The number of carboxylic acids is 2. The van der Waals surface area contributed by atoms with Crippen molar-refractivity contribution in [3.05, 3.63) is 59.7 Å². The fraction of sp³-hybridized carbons (Fsp3) is 0.300. The molecule has 30 heavy (non-hydrogen) atoms. The van der Waals surface area contributed by atoms with Crippen LogP contribution in [0.1, 0.15) is 11.1 Å². The van der Waals surface area contributed by atoms with Crippen LogP contribution in [-0.2, 0) is 32.1 Å². The second-order valence-electron chi connectivity index (χ2n) is 6.17. The van der Waals surface area contributed by atoms with E-state index in [4.69, 9.17) is 20.4 Å². The lowest BCUT2D eigenvalue weighted by atomic mass is 10.1. The molecule has 0 unspecified atom stereocenters. The van der Waals surface area contributed by atoms with Crippen LogP contribution >= 0.6 is 0 Å². The lowest BCUT2D eigenvalue weighted by Gasteiger charge is -2.12. The van der Waals surface area contributed by atoms with E-state index in [0.717, 1.165) is 11.1 Å². The molecule has 2 aromatic rings. The predicted molar refractivity (Wildman–Crippen MR) is 107 cm³/mol. The predicted octanol–water partition coefficient (Wildman–Crippen LogP) is 1.08. The highest BCUT2D eigenvalue weighted by molar-refractivity contribution is 5.74. The van der Waals surface area contributed by atoms with Gasteiger partial charge in [-0.2, -0.15) is 11.0 Å². The van der Waals surface area contributed by atoms with Gasteiger partial charge >= 0.3 is 11.9 Å². The van der Waals surface area contributed by atoms with Crippen LogP contribution in [0.3, 0.4) is 0 Å². The topological polar surface area (TPSA) is 158 Å². The molecular formula is C20H26N2O8. The zero-order valence-electron chi connectivity index (χ0n) is 16.6. The van der Waals surface area contributed by atoms with E-state index >= 15 is 0 Å². The molecule has 10 nitrogen and oxygen atoms in total. The van der Waals surface area contributed by atoms with Crippen molar-refractivity contribution in [2.75, 3.05) is 14.2 Å². The molecule has 6 N–H and O–H groups in total. The third-order valence-electron chi connectivity index (χ3n) is 3.87. The van der Waals surface area contributed by atoms with Crippen LogP contribution in [0.4, 0.5) is 0 Å². The minimum atomic E-state index is -0.982. The Bertz CT molecular complexity index is 713. The van der Waals surface area contributed by atoms with Crippen molar-refractivity contribution in [2.24, 2.45) is 0 Å². The van der Waals surface area contributed by atoms with Gasteiger partial charge in [0.2, 0.25) is 0 Å². The molecule has 0 aliphatic rings. The molecule has 0 bridgehead atoms. The van der Waals surface area contributed by atoms with Gasteiger partial charge in [-0.3, -0.25) is 9.59 Å². The number of carboxylic acid groups (broad SMARTS) is 2. The Morgan fingerprint density at radius 1 is 0.733 bits per heavy atom. The molecule has 2 rings (SSSR count). The summed E-state index contributed by atoms with van der Waals surface area (Å²) in [5.74, 6) is -1.65. The van der Waals surface area contributed by atoms with Gasteiger partial charge in [0.25, 0.3) is 0 Å². The quantitative estimate of drug-likeness (QED) is 0.306. The van der Waals surface area contributed by atoms with E-state index in [1.807, 2.05) is 0 Å². The third-order valence-corrected chi connectivity index (χ3v) is 3.87. The number of phenols is 2. The van der Waals surface area contributed by atoms with Gasteiger partial charge in [0.1, 0.15) is 23.6 Å². The third kappa shape index (κ3) is 9.34. The van der Waals surface area contributed by atoms with E-state index < -0.39 is 24.0 Å². The summed E-state index contributed by atoms with van der Waals surface area (Å²) in [6.07, 6.45) is 0.590. The summed E-state index contributed by atoms with van der Waals surface area (Å²) >= 11 is 0. The monoisotopic (exact) mass is 422 g/mol. The van der Waals surface area contributed by atoms with Gasteiger partial charge in [0, 0.05) is 12.8 Å². The Kier molecular flexibility index (Phi) is 10.9. The molecule has 0 aliphatic carbocycles. The van der Waals surface area contributed by atoms with Crippen molar-refractivity contribution in [3.8, 4) is 11.5 Å². The first-order chi connectivity index (χ1) is 14.3. The lowest BCUT2D eigenvalue weighted by molar-refractivity contribution is -0.144. The fourth-order valence-corrected chi connectivity index (χ4v) is 2.38. The van der Waals surface area contributed by atoms with Gasteiger partial charge in [-0.05, 0) is 35.4 Å². The molecular weight excluding hydrogens is 396 g/mol. The SMILES string of the molecule is CON[C@@H](Cc1ccc(O)cc1)C(=O)O.CON[C@@H](Cc1ccc(O)cc1)C(=O)O. The van der Waals surface area contributed by atoms with Crippen LogP contribution in [0, 0.1) is 0 Å². The average Bonchev–Trinajstić information content (AvgIpc) is 2.71.